The average Bonchev–Trinajstić information content (AvgIpc) is 3.59. The van der Waals surface area contributed by atoms with Crippen LogP contribution in [0.4, 0.5) is 0 Å². The summed E-state index contributed by atoms with van der Waals surface area (Å²) >= 11 is 1.44. The highest BCUT2D eigenvalue weighted by Gasteiger charge is 2.32. The molecule has 2 heterocycles. The van der Waals surface area contributed by atoms with E-state index >= 15 is 0 Å². The van der Waals surface area contributed by atoms with E-state index in [0.29, 0.717) is 11.4 Å². The van der Waals surface area contributed by atoms with Crippen LogP contribution in [0.25, 0.3) is 10.9 Å². The van der Waals surface area contributed by atoms with Gasteiger partial charge in [-0.2, -0.15) is 11.8 Å². The Labute approximate surface area is 235 Å². The van der Waals surface area contributed by atoms with Gasteiger partial charge in [0.05, 0.1) is 12.4 Å². The Morgan fingerprint density at radius 2 is 1.65 bits per heavy atom. The van der Waals surface area contributed by atoms with Crippen LogP contribution >= 0.6 is 11.8 Å². The number of carboxylic acids is 1. The highest BCUT2D eigenvalue weighted by Crippen LogP contribution is 2.19. The standard InChI is InChI=1S/C26H35N7O6S/c1-14(34)22(27)25(37)33-20(9-15-11-29-18-6-4-3-5-17(15)18)23(35)32-21(10-16-12-28-13-30-16)24(36)31-19(26(38)39)7-8-40-2/h3-6,11-14,19-22,29,34H,7-10,27H2,1-2H3,(H,28,30)(H,31,36)(H,32,35)(H,33,37)(H,38,39). The molecule has 40 heavy (non-hydrogen) atoms. The molecule has 3 amide bonds. The van der Waals surface area contributed by atoms with Crippen molar-refractivity contribution in [2.75, 3.05) is 12.0 Å². The lowest BCUT2D eigenvalue weighted by Gasteiger charge is -2.25. The van der Waals surface area contributed by atoms with Crippen LogP contribution in [0.15, 0.2) is 43.0 Å². The van der Waals surface area contributed by atoms with Gasteiger partial charge < -0.3 is 41.9 Å². The van der Waals surface area contributed by atoms with Gasteiger partial charge in [0.15, 0.2) is 0 Å². The number of rotatable bonds is 15. The summed E-state index contributed by atoms with van der Waals surface area (Å²) in [6, 6.07) is 2.67. The van der Waals surface area contributed by atoms with E-state index < -0.39 is 54.0 Å². The number of nitrogens with two attached hydrogens (primary N) is 1. The van der Waals surface area contributed by atoms with Crippen LogP contribution in [-0.4, -0.2) is 91.1 Å². The molecule has 0 aliphatic carbocycles. The monoisotopic (exact) mass is 573 g/mol. The zero-order valence-corrected chi connectivity index (χ0v) is 23.0. The Kier molecular flexibility index (Phi) is 11.1. The van der Waals surface area contributed by atoms with Gasteiger partial charge in [-0.3, -0.25) is 14.4 Å². The predicted molar refractivity (Wildman–Crippen MR) is 150 cm³/mol. The highest BCUT2D eigenvalue weighted by atomic mass is 32.2. The van der Waals surface area contributed by atoms with Crippen LogP contribution < -0.4 is 21.7 Å². The molecule has 0 radical (unpaired) electrons. The molecule has 0 aliphatic rings. The van der Waals surface area contributed by atoms with E-state index in [0.717, 1.165) is 16.5 Å². The summed E-state index contributed by atoms with van der Waals surface area (Å²) in [4.78, 5) is 61.2. The van der Waals surface area contributed by atoms with Gasteiger partial charge in [-0.25, -0.2) is 9.78 Å². The third-order valence-electron chi connectivity index (χ3n) is 6.39. The van der Waals surface area contributed by atoms with Crippen LogP contribution in [0.2, 0.25) is 0 Å². The second-order valence-electron chi connectivity index (χ2n) is 9.41. The minimum Gasteiger partial charge on any atom is -0.480 e. The number of benzene rings is 1. The molecule has 1 aromatic carbocycles. The van der Waals surface area contributed by atoms with Gasteiger partial charge in [0.25, 0.3) is 0 Å². The van der Waals surface area contributed by atoms with Crippen LogP contribution in [0.5, 0.6) is 0 Å². The van der Waals surface area contributed by atoms with Gasteiger partial charge in [-0.15, -0.1) is 0 Å². The first-order valence-corrected chi connectivity index (χ1v) is 14.1. The van der Waals surface area contributed by atoms with Gasteiger partial charge in [0.2, 0.25) is 17.7 Å². The van der Waals surface area contributed by atoms with E-state index in [1.165, 1.54) is 31.2 Å². The molecule has 9 N–H and O–H groups in total. The molecule has 216 valence electrons. The molecule has 0 spiro atoms. The molecule has 0 saturated carbocycles. The van der Waals surface area contributed by atoms with Gasteiger partial charge in [0.1, 0.15) is 24.2 Å². The van der Waals surface area contributed by atoms with Crippen molar-refractivity contribution in [3.63, 3.8) is 0 Å². The Morgan fingerprint density at radius 3 is 2.27 bits per heavy atom. The molecule has 3 aromatic rings. The third-order valence-corrected chi connectivity index (χ3v) is 7.04. The number of aliphatic hydroxyl groups is 1. The van der Waals surface area contributed by atoms with Crippen molar-refractivity contribution in [1.29, 1.82) is 0 Å². The number of hydrogen-bond donors (Lipinski definition) is 8. The van der Waals surface area contributed by atoms with E-state index in [1.54, 1.807) is 6.20 Å². The first-order chi connectivity index (χ1) is 19.1. The maximum absolute atomic E-state index is 13.6. The summed E-state index contributed by atoms with van der Waals surface area (Å²) in [5.74, 6) is -2.81. The van der Waals surface area contributed by atoms with Crippen molar-refractivity contribution < 1.29 is 29.4 Å². The molecule has 13 nitrogen and oxygen atoms in total. The van der Waals surface area contributed by atoms with Crippen molar-refractivity contribution >= 4 is 46.4 Å². The SMILES string of the molecule is CSCCC(NC(=O)C(Cc1cnc[nH]1)NC(=O)C(Cc1c[nH]c2ccccc12)NC(=O)C(N)C(C)O)C(=O)O. The molecule has 14 heteroatoms. The number of carbonyl (C=O) groups excluding carboxylic acids is 3. The summed E-state index contributed by atoms with van der Waals surface area (Å²) in [5.41, 5.74) is 7.91. The van der Waals surface area contributed by atoms with E-state index in [9.17, 15) is 29.4 Å². The Balaban J connectivity index is 1.86. The number of carboxylic acid groups (broad SMARTS) is 1. The molecule has 2 aromatic heterocycles. The molecule has 0 aliphatic heterocycles. The van der Waals surface area contributed by atoms with Gasteiger partial charge in [0, 0.05) is 41.8 Å². The van der Waals surface area contributed by atoms with Gasteiger partial charge >= 0.3 is 5.97 Å². The maximum atomic E-state index is 13.6. The lowest BCUT2D eigenvalue weighted by molar-refractivity contribution is -0.142. The van der Waals surface area contributed by atoms with Crippen LogP contribution in [0, 0.1) is 0 Å². The first kappa shape index (κ1) is 30.7. The number of amides is 3. The second kappa shape index (κ2) is 14.5. The van der Waals surface area contributed by atoms with Crippen molar-refractivity contribution in [1.82, 2.24) is 30.9 Å². The molecule has 0 saturated heterocycles. The Hall–Kier alpha value is -3.88. The molecule has 5 atom stereocenters. The molecule has 0 bridgehead atoms. The Bertz CT molecular complexity index is 1300. The lowest BCUT2D eigenvalue weighted by atomic mass is 10.0. The fourth-order valence-electron chi connectivity index (χ4n) is 4.08. The first-order valence-electron chi connectivity index (χ1n) is 12.7. The highest BCUT2D eigenvalue weighted by molar-refractivity contribution is 7.98. The summed E-state index contributed by atoms with van der Waals surface area (Å²) in [6.45, 7) is 1.36. The number of fused-ring (bicyclic) bond motifs is 1. The summed E-state index contributed by atoms with van der Waals surface area (Å²) in [7, 11) is 0. The zero-order chi connectivity index (χ0) is 29.2. The maximum Gasteiger partial charge on any atom is 0.326 e. The number of hydrogen-bond acceptors (Lipinski definition) is 8. The van der Waals surface area contributed by atoms with E-state index in [1.807, 2.05) is 30.5 Å². The molecular weight excluding hydrogens is 538 g/mol. The minimum absolute atomic E-state index is 0.00657. The number of aliphatic carboxylic acids is 1. The predicted octanol–water partition coefficient (Wildman–Crippen LogP) is -0.324. The number of para-hydroxylation sites is 1. The summed E-state index contributed by atoms with van der Waals surface area (Å²) in [5, 5.41) is 28.0. The number of aromatic amines is 2. The quantitative estimate of drug-likeness (QED) is 0.119. The van der Waals surface area contributed by atoms with E-state index in [4.69, 9.17) is 5.73 Å². The van der Waals surface area contributed by atoms with Crippen molar-refractivity contribution in [3.05, 3.63) is 54.2 Å². The van der Waals surface area contributed by atoms with Crippen molar-refractivity contribution in [3.8, 4) is 0 Å². The normalized spacial score (nSPS) is 15.0. The number of carbonyl (C=O) groups is 4. The number of nitrogens with one attached hydrogen (secondary N) is 5. The lowest BCUT2D eigenvalue weighted by Crippen LogP contribution is -2.59. The summed E-state index contributed by atoms with van der Waals surface area (Å²) < 4.78 is 0. The molecular formula is C26H35N7O6S. The second-order valence-corrected chi connectivity index (χ2v) is 10.4. The topological polar surface area (TPSA) is 215 Å². The van der Waals surface area contributed by atoms with Crippen LogP contribution in [0.1, 0.15) is 24.6 Å². The number of thioether (sulfide) groups is 1. The number of imidazole rings is 1. The minimum atomic E-state index is -1.28. The number of H-pyrrole nitrogens is 2. The fourth-order valence-corrected chi connectivity index (χ4v) is 4.55. The van der Waals surface area contributed by atoms with Crippen LogP contribution in [0.3, 0.4) is 0 Å². The number of nitrogens with zero attached hydrogens (tertiary/aromatic N) is 1. The number of aromatic nitrogens is 3. The molecule has 3 rings (SSSR count). The molecule has 0 fully saturated rings. The zero-order valence-electron chi connectivity index (χ0n) is 22.2. The Morgan fingerprint density at radius 1 is 1.00 bits per heavy atom. The third kappa shape index (κ3) is 8.31. The smallest absolute Gasteiger partial charge is 0.326 e. The van der Waals surface area contributed by atoms with Crippen molar-refractivity contribution in [2.45, 2.75) is 56.5 Å². The van der Waals surface area contributed by atoms with E-state index in [2.05, 4.69) is 30.9 Å². The summed E-state index contributed by atoms with van der Waals surface area (Å²) in [6.07, 6.45) is 5.54. The number of aliphatic hydroxyl groups excluding tert-OH is 1. The van der Waals surface area contributed by atoms with Crippen LogP contribution in [-0.2, 0) is 32.0 Å². The van der Waals surface area contributed by atoms with Gasteiger partial charge in [-0.05, 0) is 37.0 Å². The average molecular weight is 574 g/mol. The fraction of sp³-hybridized carbons (Fsp3) is 0.423. The van der Waals surface area contributed by atoms with Crippen molar-refractivity contribution in [2.24, 2.45) is 5.73 Å². The largest absolute Gasteiger partial charge is 0.480 e. The van der Waals surface area contributed by atoms with E-state index in [-0.39, 0.29) is 19.3 Å². The van der Waals surface area contributed by atoms with Gasteiger partial charge in [-0.1, -0.05) is 18.2 Å². The molecule has 5 unspecified atom stereocenters.